The zero-order valence-corrected chi connectivity index (χ0v) is 20.5. The van der Waals surface area contributed by atoms with Crippen molar-refractivity contribution in [2.24, 2.45) is 0 Å². The second kappa shape index (κ2) is 12.4. The van der Waals surface area contributed by atoms with Crippen LogP contribution >= 0.6 is 0 Å². The minimum absolute atomic E-state index is 0.259. The first-order valence-electron chi connectivity index (χ1n) is 11.7. The molecule has 0 aliphatic carbocycles. The lowest BCUT2D eigenvalue weighted by Crippen LogP contribution is -2.21. The van der Waals surface area contributed by atoms with Gasteiger partial charge in [-0.3, -0.25) is 0 Å². The summed E-state index contributed by atoms with van der Waals surface area (Å²) in [5, 5.41) is 0. The lowest BCUT2D eigenvalue weighted by molar-refractivity contribution is -0.149. The van der Waals surface area contributed by atoms with Crippen LogP contribution in [0.2, 0.25) is 0 Å². The molecular weight excluding hydrogens is 475 g/mol. The quantitative estimate of drug-likeness (QED) is 0.211. The van der Waals surface area contributed by atoms with Crippen molar-refractivity contribution in [3.63, 3.8) is 0 Å². The summed E-state index contributed by atoms with van der Waals surface area (Å²) in [4.78, 5) is 12.5. The number of carbonyl (C=O) groups excluding carboxylic acids is 1. The summed E-state index contributed by atoms with van der Waals surface area (Å²) in [5.41, 5.74) is 0.611. The maximum atomic E-state index is 13.0. The van der Waals surface area contributed by atoms with Gasteiger partial charge in [-0.2, -0.15) is 0 Å². The number of halogens is 1. The second-order valence-corrected chi connectivity index (χ2v) is 8.17. The Balaban J connectivity index is 1.35. The number of esters is 1. The van der Waals surface area contributed by atoms with Crippen molar-refractivity contribution in [1.29, 1.82) is 0 Å². The van der Waals surface area contributed by atoms with Crippen LogP contribution in [-0.4, -0.2) is 25.8 Å². The molecule has 4 rings (SSSR count). The van der Waals surface area contributed by atoms with Crippen LogP contribution in [0.4, 0.5) is 4.39 Å². The fraction of sp³-hybridized carbons (Fsp3) is 0.167. The third-order valence-electron chi connectivity index (χ3n) is 5.29. The van der Waals surface area contributed by atoms with Gasteiger partial charge in [-0.05, 0) is 79.7 Å². The first kappa shape index (κ1) is 25.6. The Labute approximate surface area is 215 Å². The van der Waals surface area contributed by atoms with E-state index in [9.17, 15) is 9.18 Å². The van der Waals surface area contributed by atoms with Crippen LogP contribution in [0.3, 0.4) is 0 Å². The van der Waals surface area contributed by atoms with Gasteiger partial charge in [-0.1, -0.05) is 30.3 Å². The zero-order valence-electron chi connectivity index (χ0n) is 20.5. The number of methoxy groups -OCH3 is 1. The van der Waals surface area contributed by atoms with E-state index in [4.69, 9.17) is 23.7 Å². The molecule has 37 heavy (non-hydrogen) atoms. The predicted molar refractivity (Wildman–Crippen MR) is 137 cm³/mol. The highest BCUT2D eigenvalue weighted by Gasteiger charge is 2.24. The molecular formula is C30H27FO6. The number of ether oxygens (including phenoxy) is 5. The van der Waals surface area contributed by atoms with Crippen molar-refractivity contribution in [1.82, 2.24) is 0 Å². The summed E-state index contributed by atoms with van der Waals surface area (Å²) in [7, 11) is 1.31. The molecule has 0 saturated carbocycles. The Bertz CT molecular complexity index is 1260. The molecule has 190 valence electrons. The molecule has 0 fully saturated rings. The molecule has 0 aromatic heterocycles. The molecule has 4 aromatic rings. The molecule has 0 aliphatic rings. The van der Waals surface area contributed by atoms with Gasteiger partial charge in [-0.25, -0.2) is 9.18 Å². The highest BCUT2D eigenvalue weighted by molar-refractivity contribution is 5.77. The van der Waals surface area contributed by atoms with E-state index in [0.717, 1.165) is 5.75 Å². The smallest absolute Gasteiger partial charge is 0.351 e. The van der Waals surface area contributed by atoms with Gasteiger partial charge in [0.2, 0.25) is 6.10 Å². The summed E-state index contributed by atoms with van der Waals surface area (Å²) in [5.74, 6) is 2.17. The van der Waals surface area contributed by atoms with Crippen LogP contribution in [-0.2, 0) is 9.53 Å². The number of benzene rings is 4. The SMILES string of the molecule is COC(=O)C(Oc1ccc(Oc2ccccc2)cc1)c1ccc(OCC(C)Oc2ccc(F)cc2)cc1. The number of para-hydroxylation sites is 1. The summed E-state index contributed by atoms with van der Waals surface area (Å²) in [6.07, 6.45) is -1.22. The van der Waals surface area contributed by atoms with Crippen molar-refractivity contribution >= 4 is 5.97 Å². The fourth-order valence-corrected chi connectivity index (χ4v) is 3.44. The first-order valence-corrected chi connectivity index (χ1v) is 11.7. The van der Waals surface area contributed by atoms with Crippen LogP contribution in [0.15, 0.2) is 103 Å². The van der Waals surface area contributed by atoms with Gasteiger partial charge in [0.1, 0.15) is 47.3 Å². The molecule has 7 heteroatoms. The number of carbonyl (C=O) groups is 1. The molecule has 0 spiro atoms. The highest BCUT2D eigenvalue weighted by Crippen LogP contribution is 2.28. The van der Waals surface area contributed by atoms with E-state index in [1.54, 1.807) is 60.7 Å². The van der Waals surface area contributed by atoms with Crippen LogP contribution in [0.25, 0.3) is 0 Å². The first-order chi connectivity index (χ1) is 18.0. The van der Waals surface area contributed by atoms with E-state index < -0.39 is 12.1 Å². The zero-order chi connectivity index (χ0) is 26.0. The standard InChI is InChI=1S/C30H27FO6/c1-21(35-26-14-10-23(31)11-15-26)20-34-24-12-8-22(9-13-24)29(30(32)33-2)37-28-18-16-27(17-19-28)36-25-6-4-3-5-7-25/h3-19,21,29H,20H2,1-2H3. The van der Waals surface area contributed by atoms with Gasteiger partial charge in [0.15, 0.2) is 0 Å². The fourth-order valence-electron chi connectivity index (χ4n) is 3.44. The highest BCUT2D eigenvalue weighted by atomic mass is 19.1. The molecule has 2 unspecified atom stereocenters. The average molecular weight is 503 g/mol. The maximum absolute atomic E-state index is 13.0. The molecule has 6 nitrogen and oxygen atoms in total. The molecule has 0 bridgehead atoms. The summed E-state index contributed by atoms with van der Waals surface area (Å²) < 4.78 is 41.3. The Hall–Kier alpha value is -4.52. The van der Waals surface area contributed by atoms with E-state index in [0.29, 0.717) is 28.6 Å². The van der Waals surface area contributed by atoms with Gasteiger partial charge in [0.05, 0.1) is 7.11 Å². The predicted octanol–water partition coefficient (Wildman–Crippen LogP) is 6.76. The number of hydrogen-bond donors (Lipinski definition) is 0. The summed E-state index contributed by atoms with van der Waals surface area (Å²) in [6, 6.07) is 29.2. The minimum Gasteiger partial charge on any atom is -0.490 e. The minimum atomic E-state index is -0.958. The van der Waals surface area contributed by atoms with E-state index in [-0.39, 0.29) is 18.5 Å². The lowest BCUT2D eigenvalue weighted by Gasteiger charge is -2.19. The van der Waals surface area contributed by atoms with Crippen molar-refractivity contribution < 1.29 is 32.9 Å². The molecule has 2 atom stereocenters. The third-order valence-corrected chi connectivity index (χ3v) is 5.29. The van der Waals surface area contributed by atoms with Crippen LogP contribution < -0.4 is 18.9 Å². The van der Waals surface area contributed by atoms with Gasteiger partial charge < -0.3 is 23.7 Å². The van der Waals surface area contributed by atoms with E-state index >= 15 is 0 Å². The maximum Gasteiger partial charge on any atom is 0.351 e. The second-order valence-electron chi connectivity index (χ2n) is 8.17. The van der Waals surface area contributed by atoms with Crippen molar-refractivity contribution in [2.45, 2.75) is 19.1 Å². The van der Waals surface area contributed by atoms with Crippen LogP contribution in [0.5, 0.6) is 28.7 Å². The molecule has 0 aliphatic heterocycles. The molecule has 0 amide bonds. The average Bonchev–Trinajstić information content (AvgIpc) is 2.93. The van der Waals surface area contributed by atoms with Crippen molar-refractivity contribution in [3.05, 3.63) is 115 Å². The molecule has 0 saturated heterocycles. The molecule has 0 heterocycles. The normalized spacial score (nSPS) is 12.2. The number of rotatable bonds is 11. The van der Waals surface area contributed by atoms with E-state index in [1.165, 1.54) is 19.2 Å². The Morgan fingerprint density at radius 3 is 1.89 bits per heavy atom. The molecule has 0 radical (unpaired) electrons. The van der Waals surface area contributed by atoms with E-state index in [1.807, 2.05) is 37.3 Å². The molecule has 0 N–H and O–H groups in total. The van der Waals surface area contributed by atoms with Crippen LogP contribution in [0.1, 0.15) is 18.6 Å². The van der Waals surface area contributed by atoms with Gasteiger partial charge in [-0.15, -0.1) is 0 Å². The topological polar surface area (TPSA) is 63.2 Å². The summed E-state index contributed by atoms with van der Waals surface area (Å²) in [6.45, 7) is 2.14. The summed E-state index contributed by atoms with van der Waals surface area (Å²) >= 11 is 0. The number of hydrogen-bond acceptors (Lipinski definition) is 6. The monoisotopic (exact) mass is 502 g/mol. The van der Waals surface area contributed by atoms with Gasteiger partial charge in [0, 0.05) is 5.56 Å². The van der Waals surface area contributed by atoms with Crippen LogP contribution in [0, 0.1) is 5.82 Å². The Kier molecular flexibility index (Phi) is 8.60. The largest absolute Gasteiger partial charge is 0.490 e. The van der Waals surface area contributed by atoms with E-state index in [2.05, 4.69) is 0 Å². The van der Waals surface area contributed by atoms with Gasteiger partial charge in [0.25, 0.3) is 0 Å². The third kappa shape index (κ3) is 7.48. The van der Waals surface area contributed by atoms with Gasteiger partial charge >= 0.3 is 5.97 Å². The lowest BCUT2D eigenvalue weighted by atomic mass is 10.1. The molecule has 4 aromatic carbocycles. The Morgan fingerprint density at radius 1 is 0.703 bits per heavy atom. The van der Waals surface area contributed by atoms with Crippen molar-refractivity contribution in [3.8, 4) is 28.7 Å². The van der Waals surface area contributed by atoms with Crippen molar-refractivity contribution in [2.75, 3.05) is 13.7 Å². The Morgan fingerprint density at radius 2 is 1.24 bits per heavy atom.